The second-order valence-electron chi connectivity index (χ2n) is 10.5. The van der Waals surface area contributed by atoms with Crippen molar-refractivity contribution in [2.75, 3.05) is 19.6 Å². The van der Waals surface area contributed by atoms with Gasteiger partial charge < -0.3 is 0 Å². The van der Waals surface area contributed by atoms with E-state index in [1.54, 1.807) is 24.2 Å². The molecule has 1 saturated carbocycles. The molecule has 1 aliphatic carbocycles. The highest BCUT2D eigenvalue weighted by molar-refractivity contribution is 6.35. The maximum atomic E-state index is 14.8. The smallest absolute Gasteiger partial charge is 0.275 e. The molecule has 3 aromatic heterocycles. The van der Waals surface area contributed by atoms with Gasteiger partial charge in [0.05, 0.1) is 23.2 Å². The van der Waals surface area contributed by atoms with Crippen LogP contribution in [0.4, 0.5) is 13.2 Å². The summed E-state index contributed by atoms with van der Waals surface area (Å²) in [4.78, 5) is 14.2. The van der Waals surface area contributed by atoms with E-state index in [2.05, 4.69) is 15.3 Å². The van der Waals surface area contributed by atoms with E-state index in [4.69, 9.17) is 11.6 Å². The predicted molar refractivity (Wildman–Crippen MR) is 129 cm³/mol. The van der Waals surface area contributed by atoms with Crippen LogP contribution in [0, 0.1) is 17.2 Å². The standard InChI is InChI=1S/C25H24ClF3N6O/c1-33-23(36)22-18(9-31-33)16(2-3-19(22)26)4-15-6-24(7-15)11-34(12-24)13-25(28,29)8-17-5-21-32-30-14-35(21)10-20(17)27/h2-3,5,9-10,14-15H,4,6-8,11-13H2,1H3. The third-order valence-corrected chi connectivity index (χ3v) is 7.91. The first kappa shape index (κ1) is 23.4. The quantitative estimate of drug-likeness (QED) is 0.389. The number of hydrogen-bond acceptors (Lipinski definition) is 5. The zero-order chi connectivity index (χ0) is 25.2. The number of pyridine rings is 1. The van der Waals surface area contributed by atoms with Crippen molar-refractivity contribution < 1.29 is 13.2 Å². The average Bonchev–Trinajstić information content (AvgIpc) is 3.21. The van der Waals surface area contributed by atoms with Gasteiger partial charge in [0.15, 0.2) is 5.65 Å². The van der Waals surface area contributed by atoms with Crippen molar-refractivity contribution in [2.24, 2.45) is 18.4 Å². The number of aromatic nitrogens is 5. The molecule has 2 aliphatic rings. The van der Waals surface area contributed by atoms with Crippen molar-refractivity contribution in [1.29, 1.82) is 0 Å². The minimum absolute atomic E-state index is 0.0565. The minimum atomic E-state index is -3.05. The van der Waals surface area contributed by atoms with E-state index < -0.39 is 24.7 Å². The molecule has 36 heavy (non-hydrogen) atoms. The Balaban J connectivity index is 1.06. The van der Waals surface area contributed by atoms with Gasteiger partial charge in [-0.3, -0.25) is 14.1 Å². The number of halogens is 4. The van der Waals surface area contributed by atoms with Crippen LogP contribution in [0.15, 0.2) is 41.7 Å². The molecule has 4 heterocycles. The number of fused-ring (bicyclic) bond motifs is 2. The Morgan fingerprint density at radius 2 is 2.00 bits per heavy atom. The van der Waals surface area contributed by atoms with E-state index in [0.29, 0.717) is 35.1 Å². The molecule has 0 radical (unpaired) electrons. The van der Waals surface area contributed by atoms with E-state index in [1.807, 2.05) is 6.07 Å². The summed E-state index contributed by atoms with van der Waals surface area (Å²) in [5.41, 5.74) is 1.17. The molecule has 0 unspecified atom stereocenters. The van der Waals surface area contributed by atoms with Gasteiger partial charge in [0, 0.05) is 38.1 Å². The summed E-state index contributed by atoms with van der Waals surface area (Å²) >= 11 is 6.28. The van der Waals surface area contributed by atoms with Gasteiger partial charge in [-0.1, -0.05) is 17.7 Å². The summed E-state index contributed by atoms with van der Waals surface area (Å²) in [5.74, 6) is -3.32. The Kier molecular flexibility index (Phi) is 5.38. The molecule has 0 atom stereocenters. The molecule has 11 heteroatoms. The van der Waals surface area contributed by atoms with Gasteiger partial charge in [-0.2, -0.15) is 5.10 Å². The van der Waals surface area contributed by atoms with Gasteiger partial charge in [0.1, 0.15) is 12.1 Å². The molecule has 1 aromatic carbocycles. The number of benzene rings is 1. The van der Waals surface area contributed by atoms with Crippen molar-refractivity contribution in [1.82, 2.24) is 29.3 Å². The molecule has 0 N–H and O–H groups in total. The normalized spacial score (nSPS) is 18.1. The lowest BCUT2D eigenvalue weighted by Crippen LogP contribution is -2.64. The predicted octanol–water partition coefficient (Wildman–Crippen LogP) is 3.90. The molecule has 0 bridgehead atoms. The van der Waals surface area contributed by atoms with Crippen LogP contribution in [0.3, 0.4) is 0 Å². The lowest BCUT2D eigenvalue weighted by atomic mass is 9.56. The summed E-state index contributed by atoms with van der Waals surface area (Å²) in [7, 11) is 1.60. The number of alkyl halides is 2. The summed E-state index contributed by atoms with van der Waals surface area (Å²) in [6, 6.07) is 5.03. The van der Waals surface area contributed by atoms with Gasteiger partial charge in [-0.15, -0.1) is 10.2 Å². The Morgan fingerprint density at radius 3 is 2.78 bits per heavy atom. The van der Waals surface area contributed by atoms with Crippen LogP contribution in [0.1, 0.15) is 24.0 Å². The first-order valence-electron chi connectivity index (χ1n) is 11.8. The maximum Gasteiger partial charge on any atom is 0.275 e. The highest BCUT2D eigenvalue weighted by Gasteiger charge is 2.53. The molecule has 7 nitrogen and oxygen atoms in total. The Morgan fingerprint density at radius 1 is 1.22 bits per heavy atom. The SMILES string of the molecule is Cn1ncc2c(CC3CC4(C3)CN(CC(F)(F)Cc3cc5nncn5cc3F)C4)ccc(Cl)c2c1=O. The Hall–Kier alpha value is -2.98. The van der Waals surface area contributed by atoms with E-state index in [9.17, 15) is 18.0 Å². The van der Waals surface area contributed by atoms with E-state index in [-0.39, 0.29) is 16.5 Å². The van der Waals surface area contributed by atoms with Crippen molar-refractivity contribution in [3.8, 4) is 0 Å². The maximum absolute atomic E-state index is 14.8. The summed E-state index contributed by atoms with van der Waals surface area (Å²) in [5, 5.41) is 13.3. The van der Waals surface area contributed by atoms with Gasteiger partial charge in [-0.05, 0) is 53.9 Å². The fraction of sp³-hybridized carbons (Fsp3) is 0.440. The van der Waals surface area contributed by atoms with Gasteiger partial charge >= 0.3 is 0 Å². The highest BCUT2D eigenvalue weighted by atomic mass is 35.5. The molecular formula is C25H24ClF3N6O. The summed E-state index contributed by atoms with van der Waals surface area (Å²) in [6.07, 6.45) is 6.18. The molecule has 1 saturated heterocycles. The van der Waals surface area contributed by atoms with E-state index >= 15 is 0 Å². The van der Waals surface area contributed by atoms with Gasteiger partial charge in [-0.25, -0.2) is 17.9 Å². The van der Waals surface area contributed by atoms with Gasteiger partial charge in [0.25, 0.3) is 11.5 Å². The molecule has 6 rings (SSSR count). The third kappa shape index (κ3) is 4.06. The number of likely N-dealkylation sites (tertiary alicyclic amines) is 1. The molecule has 188 valence electrons. The fourth-order valence-electron chi connectivity index (χ4n) is 6.11. The van der Waals surface area contributed by atoms with Crippen LogP contribution in [0.2, 0.25) is 5.02 Å². The molecule has 2 fully saturated rings. The zero-order valence-electron chi connectivity index (χ0n) is 19.6. The highest BCUT2D eigenvalue weighted by Crippen LogP contribution is 2.53. The molecule has 0 amide bonds. The lowest BCUT2D eigenvalue weighted by molar-refractivity contribution is -0.133. The summed E-state index contributed by atoms with van der Waals surface area (Å²) < 4.78 is 46.5. The molecule has 1 aliphatic heterocycles. The van der Waals surface area contributed by atoms with Crippen molar-refractivity contribution in [3.63, 3.8) is 0 Å². The monoisotopic (exact) mass is 516 g/mol. The van der Waals surface area contributed by atoms with E-state index in [1.165, 1.54) is 21.5 Å². The molecule has 4 aromatic rings. The number of nitrogens with zero attached hydrogens (tertiary/aromatic N) is 6. The zero-order valence-corrected chi connectivity index (χ0v) is 20.4. The van der Waals surface area contributed by atoms with Crippen molar-refractivity contribution >= 4 is 28.0 Å². The van der Waals surface area contributed by atoms with Crippen LogP contribution in [-0.2, 0) is 19.9 Å². The molecular weight excluding hydrogens is 493 g/mol. The average molecular weight is 517 g/mol. The number of aryl methyl sites for hydroxylation is 1. The van der Waals surface area contributed by atoms with E-state index in [0.717, 1.165) is 36.4 Å². The Labute approximate surface area is 209 Å². The Bertz CT molecular complexity index is 1540. The van der Waals surface area contributed by atoms with Crippen LogP contribution in [0.25, 0.3) is 16.4 Å². The minimum Gasteiger partial charge on any atom is -0.296 e. The van der Waals surface area contributed by atoms with Crippen LogP contribution >= 0.6 is 11.6 Å². The van der Waals surface area contributed by atoms with Crippen LogP contribution < -0.4 is 5.56 Å². The summed E-state index contributed by atoms with van der Waals surface area (Å²) in [6.45, 7) is 0.843. The number of rotatable bonds is 6. The fourth-order valence-corrected chi connectivity index (χ4v) is 6.36. The number of hydrogen-bond donors (Lipinski definition) is 0. The topological polar surface area (TPSA) is 68.3 Å². The molecule has 1 spiro atoms. The second-order valence-corrected chi connectivity index (χ2v) is 10.9. The lowest BCUT2D eigenvalue weighted by Gasteiger charge is -2.60. The second kappa shape index (κ2) is 8.27. The third-order valence-electron chi connectivity index (χ3n) is 7.59. The van der Waals surface area contributed by atoms with Crippen LogP contribution in [0.5, 0.6) is 0 Å². The first-order valence-corrected chi connectivity index (χ1v) is 12.2. The first-order chi connectivity index (χ1) is 17.1. The van der Waals surface area contributed by atoms with Crippen molar-refractivity contribution in [2.45, 2.75) is 31.6 Å². The van der Waals surface area contributed by atoms with Gasteiger partial charge in [0.2, 0.25) is 0 Å². The largest absolute Gasteiger partial charge is 0.296 e. The van der Waals surface area contributed by atoms with Crippen molar-refractivity contribution in [3.05, 3.63) is 69.2 Å². The van der Waals surface area contributed by atoms with Crippen LogP contribution in [-0.4, -0.2) is 54.8 Å².